The van der Waals surface area contributed by atoms with Crippen molar-refractivity contribution in [3.8, 4) is 0 Å². The summed E-state index contributed by atoms with van der Waals surface area (Å²) in [5, 5.41) is 3.78. The third kappa shape index (κ3) is 7.77. The minimum absolute atomic E-state index is 0.0829. The van der Waals surface area contributed by atoms with Gasteiger partial charge >= 0.3 is 0 Å². The lowest BCUT2D eigenvalue weighted by atomic mass is 10.1. The van der Waals surface area contributed by atoms with Gasteiger partial charge in [0.2, 0.25) is 21.8 Å². The maximum Gasteiger partial charge on any atom is 0.244 e. The Balaban J connectivity index is 2.46. The highest BCUT2D eigenvalue weighted by atomic mass is 35.5. The number of carbonyl (C=O) groups excluding carboxylic acids is 2. The van der Waals surface area contributed by atoms with E-state index in [1.165, 1.54) is 23.1 Å². The fraction of sp³-hybridized carbons (Fsp3) is 0.391. The average molecular weight is 549 g/mol. The van der Waals surface area contributed by atoms with Gasteiger partial charge in [-0.3, -0.25) is 13.9 Å². The predicted molar refractivity (Wildman–Crippen MR) is 138 cm³/mol. The standard InChI is InChI=1S/C23H28Cl3N3O4S/c1-5-20(23(31)27-15(2)3)28(13-16-6-8-17(24)9-7-16)22(30)14-29(34(4,32)33)21-11-10-18(25)12-19(21)26/h6-12,15,20H,5,13-14H2,1-4H3,(H,27,31). The second-order valence-electron chi connectivity index (χ2n) is 8.10. The third-order valence-electron chi connectivity index (χ3n) is 4.94. The van der Waals surface area contributed by atoms with E-state index in [-0.39, 0.29) is 29.2 Å². The van der Waals surface area contributed by atoms with Crippen molar-refractivity contribution in [3.05, 3.63) is 63.1 Å². The fourth-order valence-electron chi connectivity index (χ4n) is 3.37. The van der Waals surface area contributed by atoms with E-state index < -0.39 is 28.5 Å². The summed E-state index contributed by atoms with van der Waals surface area (Å²) in [6, 6.07) is 10.3. The van der Waals surface area contributed by atoms with E-state index in [1.807, 2.05) is 13.8 Å². The van der Waals surface area contributed by atoms with Gasteiger partial charge in [0.1, 0.15) is 12.6 Å². The average Bonchev–Trinajstić information content (AvgIpc) is 2.72. The lowest BCUT2D eigenvalue weighted by molar-refractivity contribution is -0.140. The number of nitrogens with zero attached hydrogens (tertiary/aromatic N) is 2. The van der Waals surface area contributed by atoms with Gasteiger partial charge < -0.3 is 10.2 Å². The molecule has 0 heterocycles. The molecule has 186 valence electrons. The SMILES string of the molecule is CCC(C(=O)NC(C)C)N(Cc1ccc(Cl)cc1)C(=O)CN(c1ccc(Cl)cc1Cl)S(C)(=O)=O. The number of hydrogen-bond donors (Lipinski definition) is 1. The Bertz CT molecular complexity index is 1120. The quantitative estimate of drug-likeness (QED) is 0.464. The van der Waals surface area contributed by atoms with Crippen LogP contribution in [0.15, 0.2) is 42.5 Å². The summed E-state index contributed by atoms with van der Waals surface area (Å²) in [7, 11) is -3.89. The molecule has 2 amide bonds. The summed E-state index contributed by atoms with van der Waals surface area (Å²) in [6.45, 7) is 4.98. The largest absolute Gasteiger partial charge is 0.352 e. The second kappa shape index (κ2) is 12.1. The summed E-state index contributed by atoms with van der Waals surface area (Å²) < 4.78 is 26.1. The lowest BCUT2D eigenvalue weighted by Crippen LogP contribution is -2.53. The van der Waals surface area contributed by atoms with E-state index in [0.717, 1.165) is 16.1 Å². The van der Waals surface area contributed by atoms with Crippen molar-refractivity contribution < 1.29 is 18.0 Å². The molecule has 2 rings (SSSR count). The van der Waals surface area contributed by atoms with Crippen LogP contribution in [-0.2, 0) is 26.2 Å². The molecule has 0 aliphatic rings. The molecule has 1 unspecified atom stereocenters. The topological polar surface area (TPSA) is 86.8 Å². The molecule has 34 heavy (non-hydrogen) atoms. The maximum atomic E-state index is 13.6. The van der Waals surface area contributed by atoms with Crippen molar-refractivity contribution >= 4 is 62.3 Å². The van der Waals surface area contributed by atoms with Gasteiger partial charge in [-0.15, -0.1) is 0 Å². The molecular weight excluding hydrogens is 521 g/mol. The summed E-state index contributed by atoms with van der Waals surface area (Å²) in [5.41, 5.74) is 0.858. The summed E-state index contributed by atoms with van der Waals surface area (Å²) >= 11 is 18.2. The van der Waals surface area contributed by atoms with Crippen LogP contribution in [0.2, 0.25) is 15.1 Å². The number of anilines is 1. The smallest absolute Gasteiger partial charge is 0.244 e. The number of halogens is 3. The molecule has 0 aromatic heterocycles. The zero-order valence-corrected chi connectivity index (χ0v) is 22.5. The first-order chi connectivity index (χ1) is 15.8. The van der Waals surface area contributed by atoms with Crippen molar-refractivity contribution in [1.29, 1.82) is 0 Å². The number of hydrogen-bond acceptors (Lipinski definition) is 4. The summed E-state index contributed by atoms with van der Waals surface area (Å²) in [5.74, 6) is -0.882. The van der Waals surface area contributed by atoms with Crippen molar-refractivity contribution in [1.82, 2.24) is 10.2 Å². The first-order valence-electron chi connectivity index (χ1n) is 10.6. The molecule has 2 aromatic carbocycles. The second-order valence-corrected chi connectivity index (χ2v) is 11.3. The molecule has 0 radical (unpaired) electrons. The van der Waals surface area contributed by atoms with Gasteiger partial charge in [0, 0.05) is 22.6 Å². The van der Waals surface area contributed by atoms with E-state index in [4.69, 9.17) is 34.8 Å². The molecule has 11 heteroatoms. The highest BCUT2D eigenvalue weighted by Gasteiger charge is 2.32. The number of benzene rings is 2. The third-order valence-corrected chi connectivity index (χ3v) is 6.86. The lowest BCUT2D eigenvalue weighted by Gasteiger charge is -2.33. The van der Waals surface area contributed by atoms with Gasteiger partial charge in [0.15, 0.2) is 0 Å². The molecule has 2 aromatic rings. The fourth-order valence-corrected chi connectivity index (χ4v) is 4.91. The highest BCUT2D eigenvalue weighted by Crippen LogP contribution is 2.30. The van der Waals surface area contributed by atoms with Crippen LogP contribution in [-0.4, -0.2) is 50.0 Å². The zero-order chi connectivity index (χ0) is 25.6. The Morgan fingerprint density at radius 3 is 2.09 bits per heavy atom. The Labute approximate surface area is 216 Å². The van der Waals surface area contributed by atoms with Gasteiger partial charge in [-0.2, -0.15) is 0 Å². The molecule has 1 N–H and O–H groups in total. The maximum absolute atomic E-state index is 13.6. The van der Waals surface area contributed by atoms with Crippen LogP contribution in [0.25, 0.3) is 0 Å². The Morgan fingerprint density at radius 2 is 1.59 bits per heavy atom. The number of carbonyl (C=O) groups is 2. The molecule has 0 aliphatic heterocycles. The van der Waals surface area contributed by atoms with E-state index in [9.17, 15) is 18.0 Å². The molecule has 0 spiro atoms. The minimum Gasteiger partial charge on any atom is -0.352 e. The van der Waals surface area contributed by atoms with E-state index in [2.05, 4.69) is 5.32 Å². The molecule has 0 bridgehead atoms. The molecule has 0 saturated heterocycles. The Morgan fingerprint density at radius 1 is 1.00 bits per heavy atom. The van der Waals surface area contributed by atoms with Crippen LogP contribution in [0, 0.1) is 0 Å². The number of rotatable bonds is 10. The first kappa shape index (κ1) is 28.2. The zero-order valence-electron chi connectivity index (χ0n) is 19.4. The molecular formula is C23H28Cl3N3O4S. The van der Waals surface area contributed by atoms with Gasteiger partial charge in [-0.05, 0) is 56.2 Å². The molecule has 0 aliphatic carbocycles. The van der Waals surface area contributed by atoms with Gasteiger partial charge in [0.05, 0.1) is 17.0 Å². The minimum atomic E-state index is -3.89. The van der Waals surface area contributed by atoms with Crippen LogP contribution in [0.5, 0.6) is 0 Å². The van der Waals surface area contributed by atoms with E-state index in [1.54, 1.807) is 31.2 Å². The monoisotopic (exact) mass is 547 g/mol. The van der Waals surface area contributed by atoms with E-state index >= 15 is 0 Å². The van der Waals surface area contributed by atoms with Crippen molar-refractivity contribution in [3.63, 3.8) is 0 Å². The Kier molecular flexibility index (Phi) is 10.1. The summed E-state index contributed by atoms with van der Waals surface area (Å²) in [4.78, 5) is 27.9. The number of amides is 2. The molecule has 0 fully saturated rings. The first-order valence-corrected chi connectivity index (χ1v) is 13.6. The van der Waals surface area contributed by atoms with Crippen LogP contribution in [0.4, 0.5) is 5.69 Å². The molecule has 1 atom stereocenters. The normalized spacial score (nSPS) is 12.4. The highest BCUT2D eigenvalue weighted by molar-refractivity contribution is 7.92. The van der Waals surface area contributed by atoms with Crippen molar-refractivity contribution in [2.45, 2.75) is 45.8 Å². The van der Waals surface area contributed by atoms with Crippen molar-refractivity contribution in [2.24, 2.45) is 0 Å². The molecule has 0 saturated carbocycles. The molecule has 7 nitrogen and oxygen atoms in total. The van der Waals surface area contributed by atoms with Crippen molar-refractivity contribution in [2.75, 3.05) is 17.1 Å². The van der Waals surface area contributed by atoms with Crippen LogP contribution in [0.3, 0.4) is 0 Å². The predicted octanol–water partition coefficient (Wildman–Crippen LogP) is 4.74. The van der Waals surface area contributed by atoms with Crippen LogP contribution >= 0.6 is 34.8 Å². The van der Waals surface area contributed by atoms with Crippen LogP contribution in [0.1, 0.15) is 32.8 Å². The van der Waals surface area contributed by atoms with Crippen LogP contribution < -0.4 is 9.62 Å². The summed E-state index contributed by atoms with van der Waals surface area (Å²) in [6.07, 6.45) is 1.32. The van der Waals surface area contributed by atoms with E-state index in [0.29, 0.717) is 16.5 Å². The Hall–Kier alpha value is -2.00. The van der Waals surface area contributed by atoms with Gasteiger partial charge in [-0.25, -0.2) is 8.42 Å². The van der Waals surface area contributed by atoms with Gasteiger partial charge in [0.25, 0.3) is 0 Å². The number of sulfonamides is 1. The van der Waals surface area contributed by atoms with Gasteiger partial charge in [-0.1, -0.05) is 53.9 Å². The number of nitrogens with one attached hydrogen (secondary N) is 1.